The van der Waals surface area contributed by atoms with Gasteiger partial charge in [0, 0.05) is 5.56 Å². The summed E-state index contributed by atoms with van der Waals surface area (Å²) in [7, 11) is 0. The molecule has 0 saturated carbocycles. The highest BCUT2D eigenvalue weighted by Gasteiger charge is 2.03. The zero-order valence-corrected chi connectivity index (χ0v) is 9.65. The first-order valence-corrected chi connectivity index (χ1v) is 5.74. The standard InChI is InChI=1S/C14H12OS/c15-14(10-16)13-8-6-12(7-9-13)11-4-2-1-3-5-11/h1-9,16H,10H2. The van der Waals surface area contributed by atoms with E-state index in [1.807, 2.05) is 42.5 Å². The molecule has 0 N–H and O–H groups in total. The van der Waals surface area contributed by atoms with E-state index in [1.54, 1.807) is 0 Å². The molecule has 2 aromatic carbocycles. The Balaban J connectivity index is 2.30. The molecule has 0 heterocycles. The molecule has 0 fully saturated rings. The van der Waals surface area contributed by atoms with Crippen molar-refractivity contribution in [1.82, 2.24) is 0 Å². The molecule has 0 aromatic heterocycles. The van der Waals surface area contributed by atoms with Gasteiger partial charge >= 0.3 is 0 Å². The van der Waals surface area contributed by atoms with Crippen LogP contribution in [0.15, 0.2) is 54.6 Å². The van der Waals surface area contributed by atoms with Crippen molar-refractivity contribution < 1.29 is 4.79 Å². The van der Waals surface area contributed by atoms with Crippen molar-refractivity contribution in [2.45, 2.75) is 0 Å². The van der Waals surface area contributed by atoms with Gasteiger partial charge in [-0.05, 0) is 11.1 Å². The predicted octanol–water partition coefficient (Wildman–Crippen LogP) is 3.47. The first-order valence-electron chi connectivity index (χ1n) is 5.11. The first kappa shape index (κ1) is 11.0. The van der Waals surface area contributed by atoms with E-state index in [1.165, 1.54) is 0 Å². The van der Waals surface area contributed by atoms with Crippen molar-refractivity contribution in [2.75, 3.05) is 5.75 Å². The molecule has 1 nitrogen and oxygen atoms in total. The number of carbonyl (C=O) groups excluding carboxylic acids is 1. The van der Waals surface area contributed by atoms with E-state index < -0.39 is 0 Å². The lowest BCUT2D eigenvalue weighted by molar-refractivity contribution is 0.102. The summed E-state index contributed by atoms with van der Waals surface area (Å²) in [6.07, 6.45) is 0. The molecular formula is C14H12OS. The maximum atomic E-state index is 11.4. The van der Waals surface area contributed by atoms with Crippen molar-refractivity contribution in [3.8, 4) is 11.1 Å². The molecule has 0 spiro atoms. The third-order valence-corrected chi connectivity index (χ3v) is 2.74. The SMILES string of the molecule is O=C(CS)c1ccc(-c2ccccc2)cc1. The topological polar surface area (TPSA) is 17.1 Å². The summed E-state index contributed by atoms with van der Waals surface area (Å²) in [5.74, 6) is 0.313. The minimum atomic E-state index is 0.0583. The smallest absolute Gasteiger partial charge is 0.172 e. The Morgan fingerprint density at radius 1 is 0.875 bits per heavy atom. The third-order valence-electron chi connectivity index (χ3n) is 2.46. The zero-order valence-electron chi connectivity index (χ0n) is 8.76. The quantitative estimate of drug-likeness (QED) is 0.629. The van der Waals surface area contributed by atoms with E-state index in [0.29, 0.717) is 0 Å². The van der Waals surface area contributed by atoms with Crippen molar-refractivity contribution in [3.63, 3.8) is 0 Å². The Labute approximate surface area is 101 Å². The molecule has 2 heteroatoms. The number of carbonyl (C=O) groups is 1. The number of ketones is 1. The Hall–Kier alpha value is -1.54. The van der Waals surface area contributed by atoms with Crippen molar-refractivity contribution in [2.24, 2.45) is 0 Å². The van der Waals surface area contributed by atoms with E-state index >= 15 is 0 Å². The second-order valence-corrected chi connectivity index (χ2v) is 3.84. The molecule has 0 aliphatic carbocycles. The molecule has 2 rings (SSSR count). The minimum absolute atomic E-state index is 0.0583. The van der Waals surface area contributed by atoms with Gasteiger partial charge in [-0.1, -0.05) is 54.6 Å². The summed E-state index contributed by atoms with van der Waals surface area (Å²) in [6.45, 7) is 0. The van der Waals surface area contributed by atoms with Gasteiger partial charge in [0.2, 0.25) is 0 Å². The summed E-state index contributed by atoms with van der Waals surface area (Å²) < 4.78 is 0. The van der Waals surface area contributed by atoms with Crippen molar-refractivity contribution in [3.05, 3.63) is 60.2 Å². The van der Waals surface area contributed by atoms with Crippen LogP contribution in [0.3, 0.4) is 0 Å². The molecule has 0 saturated heterocycles. The molecule has 0 unspecified atom stereocenters. The van der Waals surface area contributed by atoms with E-state index in [0.717, 1.165) is 16.7 Å². The van der Waals surface area contributed by atoms with Gasteiger partial charge in [0.25, 0.3) is 0 Å². The summed E-state index contributed by atoms with van der Waals surface area (Å²) in [5, 5.41) is 0. The Morgan fingerprint density at radius 3 is 2.00 bits per heavy atom. The second kappa shape index (κ2) is 4.99. The average Bonchev–Trinajstić information content (AvgIpc) is 2.39. The second-order valence-electron chi connectivity index (χ2n) is 3.52. The van der Waals surface area contributed by atoms with E-state index in [4.69, 9.17) is 0 Å². The van der Waals surface area contributed by atoms with Gasteiger partial charge < -0.3 is 0 Å². The summed E-state index contributed by atoms with van der Waals surface area (Å²) in [6, 6.07) is 17.7. The van der Waals surface area contributed by atoms with Crippen LogP contribution < -0.4 is 0 Å². The van der Waals surface area contributed by atoms with Crippen LogP contribution in [0.4, 0.5) is 0 Å². The van der Waals surface area contributed by atoms with Crippen molar-refractivity contribution in [1.29, 1.82) is 0 Å². The fraction of sp³-hybridized carbons (Fsp3) is 0.0714. The van der Waals surface area contributed by atoms with Gasteiger partial charge in [-0.25, -0.2) is 0 Å². The Bertz CT molecular complexity index is 474. The largest absolute Gasteiger partial charge is 0.293 e. The number of thiol groups is 1. The van der Waals surface area contributed by atoms with Crippen LogP contribution >= 0.6 is 12.6 Å². The number of benzene rings is 2. The minimum Gasteiger partial charge on any atom is -0.293 e. The fourth-order valence-electron chi connectivity index (χ4n) is 1.57. The van der Waals surface area contributed by atoms with Gasteiger partial charge in [-0.3, -0.25) is 4.79 Å². The number of rotatable bonds is 3. The van der Waals surface area contributed by atoms with Gasteiger partial charge in [-0.15, -0.1) is 0 Å². The molecule has 0 amide bonds. The zero-order chi connectivity index (χ0) is 11.4. The lowest BCUT2D eigenvalue weighted by Crippen LogP contribution is -1.99. The van der Waals surface area contributed by atoms with E-state index in [2.05, 4.69) is 24.8 Å². The monoisotopic (exact) mass is 228 g/mol. The van der Waals surface area contributed by atoms with Crippen molar-refractivity contribution >= 4 is 18.4 Å². The van der Waals surface area contributed by atoms with Crippen LogP contribution in [-0.4, -0.2) is 11.5 Å². The molecule has 0 aliphatic rings. The maximum absolute atomic E-state index is 11.4. The van der Waals surface area contributed by atoms with Crippen LogP contribution in [0.1, 0.15) is 10.4 Å². The lowest BCUT2D eigenvalue weighted by Gasteiger charge is -2.02. The third kappa shape index (κ3) is 2.34. The molecule has 80 valence electrons. The Kier molecular flexibility index (Phi) is 3.42. The molecule has 0 atom stereocenters. The number of hydrogen-bond acceptors (Lipinski definition) is 2. The van der Waals surface area contributed by atoms with E-state index in [9.17, 15) is 4.79 Å². The van der Waals surface area contributed by atoms with Crippen LogP contribution in [-0.2, 0) is 0 Å². The summed E-state index contributed by atoms with van der Waals surface area (Å²) in [5.41, 5.74) is 3.00. The van der Waals surface area contributed by atoms with E-state index in [-0.39, 0.29) is 11.5 Å². The fourth-order valence-corrected chi connectivity index (χ4v) is 1.75. The molecular weight excluding hydrogens is 216 g/mol. The van der Waals surface area contributed by atoms with Crippen LogP contribution in [0.25, 0.3) is 11.1 Å². The maximum Gasteiger partial charge on any atom is 0.172 e. The highest BCUT2D eigenvalue weighted by atomic mass is 32.1. The van der Waals surface area contributed by atoms with Crippen LogP contribution in [0.5, 0.6) is 0 Å². The van der Waals surface area contributed by atoms with Gasteiger partial charge in [0.1, 0.15) is 0 Å². The first-order chi connectivity index (χ1) is 7.81. The highest BCUT2D eigenvalue weighted by molar-refractivity contribution is 7.81. The molecule has 16 heavy (non-hydrogen) atoms. The summed E-state index contributed by atoms with van der Waals surface area (Å²) in [4.78, 5) is 11.4. The molecule has 0 radical (unpaired) electrons. The average molecular weight is 228 g/mol. The number of hydrogen-bond donors (Lipinski definition) is 1. The van der Waals surface area contributed by atoms with Gasteiger partial charge in [-0.2, -0.15) is 12.6 Å². The number of Topliss-reactive ketones (excluding diaryl/α,β-unsaturated/α-hetero) is 1. The normalized spacial score (nSPS) is 10.1. The predicted molar refractivity (Wildman–Crippen MR) is 70.1 cm³/mol. The van der Waals surface area contributed by atoms with Gasteiger partial charge in [0.15, 0.2) is 5.78 Å². The molecule has 2 aromatic rings. The Morgan fingerprint density at radius 2 is 1.44 bits per heavy atom. The highest BCUT2D eigenvalue weighted by Crippen LogP contribution is 2.19. The molecule has 0 aliphatic heterocycles. The van der Waals surface area contributed by atoms with Crippen LogP contribution in [0.2, 0.25) is 0 Å². The van der Waals surface area contributed by atoms with Gasteiger partial charge in [0.05, 0.1) is 5.75 Å². The van der Waals surface area contributed by atoms with Crippen LogP contribution in [0, 0.1) is 0 Å². The lowest BCUT2D eigenvalue weighted by atomic mass is 10.0. The molecule has 0 bridgehead atoms. The summed E-state index contributed by atoms with van der Waals surface area (Å²) >= 11 is 3.97.